The minimum atomic E-state index is -0.442. The third kappa shape index (κ3) is 5.77. The van der Waals surface area contributed by atoms with E-state index in [1.54, 1.807) is 6.08 Å². The number of urea groups is 1. The molecule has 0 radical (unpaired) electrons. The van der Waals surface area contributed by atoms with E-state index in [-0.39, 0.29) is 5.17 Å². The molecule has 0 saturated carbocycles. The number of amides is 2. The zero-order valence-corrected chi connectivity index (χ0v) is 10.2. The molecule has 0 fully saturated rings. The zero-order valence-electron chi connectivity index (χ0n) is 9.43. The minimum absolute atomic E-state index is 0.260. The van der Waals surface area contributed by atoms with Gasteiger partial charge in [-0.3, -0.25) is 0 Å². The molecule has 0 aromatic heterocycles. The summed E-state index contributed by atoms with van der Waals surface area (Å²) in [5.41, 5.74) is 6.76. The maximum Gasteiger partial charge on any atom is 0.343 e. The van der Waals surface area contributed by atoms with Gasteiger partial charge in [-0.2, -0.15) is 4.99 Å². The smallest absolute Gasteiger partial charge is 0.343 e. The van der Waals surface area contributed by atoms with Gasteiger partial charge in [-0.15, -0.1) is 6.58 Å². The van der Waals surface area contributed by atoms with E-state index in [1.807, 2.05) is 30.3 Å². The molecule has 0 aliphatic carbocycles. The molecule has 0 atom stereocenters. The van der Waals surface area contributed by atoms with E-state index < -0.39 is 6.03 Å². The Morgan fingerprint density at radius 3 is 2.82 bits per heavy atom. The van der Waals surface area contributed by atoms with Gasteiger partial charge < -0.3 is 11.1 Å². The average Bonchev–Trinajstić information content (AvgIpc) is 2.35. The molecule has 0 aliphatic rings. The minimum Gasteiger partial charge on any atom is -0.378 e. The van der Waals surface area contributed by atoms with Crippen molar-refractivity contribution in [2.75, 3.05) is 6.54 Å². The Kier molecular flexibility index (Phi) is 5.88. The Bertz CT molecular complexity index is 403. The molecule has 90 valence electrons. The quantitative estimate of drug-likeness (QED) is 0.488. The monoisotopic (exact) mass is 249 g/mol. The molecule has 5 heteroatoms. The number of rotatable bonds is 4. The van der Waals surface area contributed by atoms with Gasteiger partial charge in [0.25, 0.3) is 0 Å². The lowest BCUT2D eigenvalue weighted by atomic mass is 10.2. The van der Waals surface area contributed by atoms with Crippen molar-refractivity contribution >= 4 is 23.0 Å². The first-order chi connectivity index (χ1) is 8.22. The third-order valence-corrected chi connectivity index (χ3v) is 2.70. The van der Waals surface area contributed by atoms with Crippen LogP contribution in [0.3, 0.4) is 0 Å². The van der Waals surface area contributed by atoms with E-state index in [4.69, 9.17) is 5.73 Å². The van der Waals surface area contributed by atoms with Gasteiger partial charge in [0.2, 0.25) is 0 Å². The van der Waals surface area contributed by atoms with Crippen molar-refractivity contribution in [3.8, 4) is 0 Å². The van der Waals surface area contributed by atoms with E-state index in [9.17, 15) is 4.79 Å². The first-order valence-corrected chi connectivity index (χ1v) is 6.10. The SMILES string of the molecule is C=CCNC(=O)/N=C(\N)SCc1ccccc1. The van der Waals surface area contributed by atoms with Crippen LogP contribution >= 0.6 is 11.8 Å². The van der Waals surface area contributed by atoms with Crippen molar-refractivity contribution in [2.45, 2.75) is 5.75 Å². The topological polar surface area (TPSA) is 67.5 Å². The van der Waals surface area contributed by atoms with Crippen LogP contribution in [0.25, 0.3) is 0 Å². The Labute approximate surface area is 105 Å². The molecule has 0 spiro atoms. The fourth-order valence-corrected chi connectivity index (χ4v) is 1.72. The lowest BCUT2D eigenvalue weighted by Gasteiger charge is -2.01. The lowest BCUT2D eigenvalue weighted by molar-refractivity contribution is 0.250. The van der Waals surface area contributed by atoms with E-state index in [0.717, 1.165) is 5.56 Å². The highest BCUT2D eigenvalue weighted by Gasteiger charge is 2.00. The number of hydrogen-bond donors (Lipinski definition) is 2. The van der Waals surface area contributed by atoms with E-state index in [2.05, 4.69) is 16.9 Å². The summed E-state index contributed by atoms with van der Waals surface area (Å²) in [6.45, 7) is 3.88. The van der Waals surface area contributed by atoms with Crippen molar-refractivity contribution < 1.29 is 4.79 Å². The van der Waals surface area contributed by atoms with Crippen molar-refractivity contribution in [1.82, 2.24) is 5.32 Å². The van der Waals surface area contributed by atoms with Crippen LogP contribution < -0.4 is 11.1 Å². The predicted molar refractivity (Wildman–Crippen MR) is 73.0 cm³/mol. The largest absolute Gasteiger partial charge is 0.378 e. The van der Waals surface area contributed by atoms with Crippen LogP contribution in [0.1, 0.15) is 5.56 Å². The molecule has 0 aliphatic heterocycles. The Morgan fingerprint density at radius 1 is 1.47 bits per heavy atom. The molecule has 4 nitrogen and oxygen atoms in total. The van der Waals surface area contributed by atoms with Gasteiger partial charge >= 0.3 is 6.03 Å². The van der Waals surface area contributed by atoms with Crippen LogP contribution in [0.15, 0.2) is 48.0 Å². The summed E-state index contributed by atoms with van der Waals surface area (Å²) >= 11 is 1.33. The maximum absolute atomic E-state index is 11.2. The number of carbonyl (C=O) groups excluding carboxylic acids is 1. The molecule has 3 N–H and O–H groups in total. The molecular formula is C12H15N3OS. The standard InChI is InChI=1S/C12H15N3OS/c1-2-8-14-12(16)15-11(13)17-9-10-6-4-3-5-7-10/h2-7H,1,8-9H2,(H3,13,14,15,16). The van der Waals surface area contributed by atoms with Gasteiger partial charge in [0, 0.05) is 12.3 Å². The second kappa shape index (κ2) is 7.51. The number of carbonyl (C=O) groups is 1. The third-order valence-electron chi connectivity index (χ3n) is 1.84. The second-order valence-corrected chi connectivity index (χ2v) is 4.19. The maximum atomic E-state index is 11.2. The number of hydrogen-bond acceptors (Lipinski definition) is 2. The van der Waals surface area contributed by atoms with E-state index >= 15 is 0 Å². The summed E-state index contributed by atoms with van der Waals surface area (Å²) in [6, 6.07) is 9.42. The van der Waals surface area contributed by atoms with Gasteiger partial charge in [-0.1, -0.05) is 48.2 Å². The van der Waals surface area contributed by atoms with Crippen molar-refractivity contribution in [2.24, 2.45) is 10.7 Å². The first-order valence-electron chi connectivity index (χ1n) is 5.12. The molecule has 0 unspecified atom stereocenters. The lowest BCUT2D eigenvalue weighted by Crippen LogP contribution is -2.22. The summed E-state index contributed by atoms with van der Waals surface area (Å²) in [7, 11) is 0. The van der Waals surface area contributed by atoms with Crippen molar-refractivity contribution in [1.29, 1.82) is 0 Å². The number of benzene rings is 1. The molecule has 2 amide bonds. The molecule has 0 bridgehead atoms. The number of thioether (sulfide) groups is 1. The number of nitrogens with zero attached hydrogens (tertiary/aromatic N) is 1. The fraction of sp³-hybridized carbons (Fsp3) is 0.167. The molecule has 0 saturated heterocycles. The highest BCUT2D eigenvalue weighted by atomic mass is 32.2. The van der Waals surface area contributed by atoms with Gasteiger partial charge in [0.15, 0.2) is 5.17 Å². The van der Waals surface area contributed by atoms with Crippen LogP contribution in [0, 0.1) is 0 Å². The summed E-state index contributed by atoms with van der Waals surface area (Å²) < 4.78 is 0. The molecule has 1 aromatic rings. The van der Waals surface area contributed by atoms with E-state index in [0.29, 0.717) is 12.3 Å². The average molecular weight is 249 g/mol. The number of aliphatic imine (C=N–C) groups is 1. The van der Waals surface area contributed by atoms with Crippen LogP contribution in [0.4, 0.5) is 4.79 Å². The zero-order chi connectivity index (χ0) is 12.5. The summed E-state index contributed by atoms with van der Waals surface area (Å²) in [6.07, 6.45) is 1.58. The first kappa shape index (κ1) is 13.3. The molecule has 1 aromatic carbocycles. The van der Waals surface area contributed by atoms with Crippen LogP contribution in [-0.2, 0) is 5.75 Å². The van der Waals surface area contributed by atoms with Gasteiger partial charge in [-0.25, -0.2) is 4.79 Å². The molecular weight excluding hydrogens is 234 g/mol. The molecule has 17 heavy (non-hydrogen) atoms. The Hall–Kier alpha value is -1.75. The summed E-state index contributed by atoms with van der Waals surface area (Å²) in [4.78, 5) is 14.9. The van der Waals surface area contributed by atoms with Gasteiger partial charge in [0.1, 0.15) is 0 Å². The fourth-order valence-electron chi connectivity index (χ4n) is 1.06. The summed E-state index contributed by atoms with van der Waals surface area (Å²) in [5.74, 6) is 0.699. The number of nitrogens with two attached hydrogens (primary N) is 1. The van der Waals surface area contributed by atoms with Gasteiger partial charge in [-0.05, 0) is 5.56 Å². The van der Waals surface area contributed by atoms with Gasteiger partial charge in [0.05, 0.1) is 0 Å². The second-order valence-electron chi connectivity index (χ2n) is 3.20. The van der Waals surface area contributed by atoms with Crippen LogP contribution in [0.5, 0.6) is 0 Å². The summed E-state index contributed by atoms with van der Waals surface area (Å²) in [5, 5.41) is 2.78. The highest BCUT2D eigenvalue weighted by Crippen LogP contribution is 2.11. The van der Waals surface area contributed by atoms with E-state index in [1.165, 1.54) is 11.8 Å². The number of amidine groups is 1. The Morgan fingerprint density at radius 2 is 2.18 bits per heavy atom. The van der Waals surface area contributed by atoms with Crippen molar-refractivity contribution in [3.63, 3.8) is 0 Å². The molecule has 1 rings (SSSR count). The predicted octanol–water partition coefficient (Wildman–Crippen LogP) is 2.13. The number of nitrogens with one attached hydrogen (secondary N) is 1. The van der Waals surface area contributed by atoms with Crippen LogP contribution in [-0.4, -0.2) is 17.7 Å². The normalized spacial score (nSPS) is 10.9. The molecule has 0 heterocycles. The highest BCUT2D eigenvalue weighted by molar-refractivity contribution is 8.13. The Balaban J connectivity index is 2.38. The van der Waals surface area contributed by atoms with Crippen molar-refractivity contribution in [3.05, 3.63) is 48.6 Å². The van der Waals surface area contributed by atoms with Crippen LogP contribution in [0.2, 0.25) is 0 Å².